The fourth-order valence-electron chi connectivity index (χ4n) is 1.85. The van der Waals surface area contributed by atoms with Crippen molar-refractivity contribution in [1.82, 2.24) is 0 Å². The van der Waals surface area contributed by atoms with Crippen molar-refractivity contribution in [3.63, 3.8) is 0 Å². The van der Waals surface area contributed by atoms with Crippen molar-refractivity contribution in [3.05, 3.63) is 30.3 Å². The minimum Gasteiger partial charge on any atom is -0.427 e. The zero-order chi connectivity index (χ0) is 12.6. The Balaban J connectivity index is 3.22. The van der Waals surface area contributed by atoms with Crippen molar-refractivity contribution in [1.29, 1.82) is 0 Å². The molecule has 0 spiro atoms. The Morgan fingerprint density at radius 1 is 0.938 bits per heavy atom. The Morgan fingerprint density at radius 3 is 1.75 bits per heavy atom. The molecule has 1 N–H and O–H groups in total. The Hall–Kier alpha value is -0.603. The van der Waals surface area contributed by atoms with Gasteiger partial charge in [0, 0.05) is 0 Å². The highest BCUT2D eigenvalue weighted by molar-refractivity contribution is 6.87. The van der Waals surface area contributed by atoms with Gasteiger partial charge in [0.05, 0.1) is 0 Å². The van der Waals surface area contributed by atoms with Crippen LogP contribution < -0.4 is 5.19 Å². The summed E-state index contributed by atoms with van der Waals surface area (Å²) in [6, 6.07) is 10.1. The van der Waals surface area contributed by atoms with Gasteiger partial charge in [-0.15, -0.1) is 0 Å². The van der Waals surface area contributed by atoms with Gasteiger partial charge < -0.3 is 4.80 Å². The highest BCUT2D eigenvalue weighted by atomic mass is 28.4. The van der Waals surface area contributed by atoms with E-state index in [9.17, 15) is 4.80 Å². The summed E-state index contributed by atoms with van der Waals surface area (Å²) in [7, 11) is -2.44. The number of benzene rings is 1. The maximum atomic E-state index is 11.0. The molecule has 0 saturated heterocycles. The summed E-state index contributed by atoms with van der Waals surface area (Å²) >= 11 is 0. The Bertz CT molecular complexity index is 347. The molecule has 1 aromatic carbocycles. The Morgan fingerprint density at radius 2 is 1.38 bits per heavy atom. The van der Waals surface area contributed by atoms with Gasteiger partial charge in [-0.1, -0.05) is 65.0 Å². The van der Waals surface area contributed by atoms with E-state index < -0.39 is 8.32 Å². The van der Waals surface area contributed by atoms with E-state index in [1.807, 2.05) is 24.7 Å². The van der Waals surface area contributed by atoms with E-state index in [-0.39, 0.29) is 10.5 Å². The van der Waals surface area contributed by atoms with E-state index >= 15 is 0 Å². The van der Waals surface area contributed by atoms with Crippen LogP contribution in [0.4, 0.5) is 0 Å². The van der Waals surface area contributed by atoms with Gasteiger partial charge >= 0.3 is 0 Å². The number of hydrogen-bond acceptors (Lipinski definition) is 1. The fraction of sp³-hybridized carbons (Fsp3) is 0.571. The van der Waals surface area contributed by atoms with E-state index in [0.717, 1.165) is 5.19 Å². The third kappa shape index (κ3) is 2.09. The number of rotatable bonds is 2. The van der Waals surface area contributed by atoms with Crippen molar-refractivity contribution in [3.8, 4) is 0 Å². The van der Waals surface area contributed by atoms with Crippen LogP contribution in [0, 0.1) is 5.41 Å². The minimum atomic E-state index is -2.44. The van der Waals surface area contributed by atoms with Gasteiger partial charge in [-0.05, 0) is 22.2 Å². The topological polar surface area (TPSA) is 20.2 Å². The summed E-state index contributed by atoms with van der Waals surface area (Å²) < 4.78 is 0. The predicted octanol–water partition coefficient (Wildman–Crippen LogP) is 3.29. The van der Waals surface area contributed by atoms with Gasteiger partial charge in [0.15, 0.2) is 0 Å². The molecule has 0 bridgehead atoms. The van der Waals surface area contributed by atoms with Crippen LogP contribution in [0.15, 0.2) is 30.3 Å². The van der Waals surface area contributed by atoms with E-state index in [2.05, 4.69) is 46.8 Å². The molecule has 0 fully saturated rings. The van der Waals surface area contributed by atoms with E-state index in [4.69, 9.17) is 0 Å². The van der Waals surface area contributed by atoms with E-state index in [1.54, 1.807) is 0 Å². The SMILES string of the molecule is CC(C)(C)C(C)(C)[Si](C)(O)c1ccccc1. The lowest BCUT2D eigenvalue weighted by Crippen LogP contribution is -2.57. The smallest absolute Gasteiger partial charge is 0.223 e. The molecule has 1 nitrogen and oxygen atoms in total. The first-order valence-electron chi connectivity index (χ1n) is 5.88. The summed E-state index contributed by atoms with van der Waals surface area (Å²) in [6.45, 7) is 13.0. The van der Waals surface area contributed by atoms with Crippen LogP contribution in [-0.4, -0.2) is 13.1 Å². The summed E-state index contributed by atoms with van der Waals surface area (Å²) in [4.78, 5) is 11.0. The van der Waals surface area contributed by atoms with Crippen molar-refractivity contribution >= 4 is 13.5 Å². The lowest BCUT2D eigenvalue weighted by Gasteiger charge is -2.47. The minimum absolute atomic E-state index is 0.0681. The van der Waals surface area contributed by atoms with Gasteiger partial charge in [-0.25, -0.2) is 0 Å². The molecule has 0 saturated carbocycles. The maximum Gasteiger partial charge on any atom is 0.223 e. The van der Waals surface area contributed by atoms with Gasteiger partial charge in [-0.2, -0.15) is 0 Å². The van der Waals surface area contributed by atoms with Crippen molar-refractivity contribution in [2.24, 2.45) is 5.41 Å². The van der Waals surface area contributed by atoms with Crippen molar-refractivity contribution < 1.29 is 4.80 Å². The van der Waals surface area contributed by atoms with Crippen LogP contribution in [-0.2, 0) is 0 Å². The Kier molecular flexibility index (Phi) is 3.37. The zero-order valence-corrected chi connectivity index (χ0v) is 12.3. The lowest BCUT2D eigenvalue weighted by atomic mass is 9.82. The van der Waals surface area contributed by atoms with Crippen LogP contribution in [0.25, 0.3) is 0 Å². The number of hydrogen-bond donors (Lipinski definition) is 1. The average molecular weight is 236 g/mol. The van der Waals surface area contributed by atoms with Gasteiger partial charge in [0.1, 0.15) is 0 Å². The molecule has 1 atom stereocenters. The Labute approximate surface area is 101 Å². The predicted molar refractivity (Wildman–Crippen MR) is 73.4 cm³/mol. The maximum absolute atomic E-state index is 11.0. The normalized spacial score (nSPS) is 16.9. The molecule has 0 aliphatic heterocycles. The molecule has 0 heterocycles. The molecule has 0 aromatic heterocycles. The first kappa shape index (κ1) is 13.5. The molecule has 0 radical (unpaired) electrons. The van der Waals surface area contributed by atoms with Crippen molar-refractivity contribution in [2.45, 2.75) is 46.2 Å². The second kappa shape index (κ2) is 4.01. The summed E-state index contributed by atoms with van der Waals surface area (Å²) in [5, 5.41) is 1.05. The van der Waals surface area contributed by atoms with Crippen LogP contribution in [0.2, 0.25) is 11.6 Å². The largest absolute Gasteiger partial charge is 0.427 e. The fourth-order valence-corrected chi connectivity index (χ4v) is 4.88. The summed E-state index contributed by atoms with van der Waals surface area (Å²) in [5.41, 5.74) is 0.0958. The molecule has 90 valence electrons. The standard InChI is InChI=1S/C14H24OSi/c1-13(2,3)14(4,5)16(6,15)12-10-8-7-9-11-12/h7-11,15H,1-6H3. The molecule has 2 heteroatoms. The molecule has 0 aliphatic rings. The van der Waals surface area contributed by atoms with Gasteiger partial charge in [0.2, 0.25) is 8.32 Å². The average Bonchev–Trinajstić information content (AvgIpc) is 2.17. The zero-order valence-electron chi connectivity index (χ0n) is 11.3. The molecule has 16 heavy (non-hydrogen) atoms. The molecular formula is C14H24OSi. The first-order valence-corrected chi connectivity index (χ1v) is 8.33. The molecule has 0 aliphatic carbocycles. The monoisotopic (exact) mass is 236 g/mol. The van der Waals surface area contributed by atoms with Crippen LogP contribution in [0.1, 0.15) is 34.6 Å². The second-order valence-corrected chi connectivity index (χ2v) is 10.3. The van der Waals surface area contributed by atoms with Crippen LogP contribution in [0.5, 0.6) is 0 Å². The third-order valence-corrected chi connectivity index (χ3v) is 9.07. The van der Waals surface area contributed by atoms with Crippen LogP contribution >= 0.6 is 0 Å². The molecule has 1 aromatic rings. The summed E-state index contributed by atoms with van der Waals surface area (Å²) in [6.07, 6.45) is 0. The second-order valence-electron chi connectivity index (χ2n) is 6.31. The molecule has 0 amide bonds. The quantitative estimate of drug-likeness (QED) is 0.781. The summed E-state index contributed by atoms with van der Waals surface area (Å²) in [5.74, 6) is 0. The molecular weight excluding hydrogens is 212 g/mol. The van der Waals surface area contributed by atoms with E-state index in [0.29, 0.717) is 0 Å². The first-order chi connectivity index (χ1) is 7.11. The highest BCUT2D eigenvalue weighted by Gasteiger charge is 2.50. The third-order valence-electron chi connectivity index (χ3n) is 4.43. The van der Waals surface area contributed by atoms with E-state index in [1.165, 1.54) is 0 Å². The highest BCUT2D eigenvalue weighted by Crippen LogP contribution is 2.50. The van der Waals surface area contributed by atoms with Gasteiger partial charge in [-0.3, -0.25) is 0 Å². The molecule has 1 unspecified atom stereocenters. The van der Waals surface area contributed by atoms with Gasteiger partial charge in [0.25, 0.3) is 0 Å². The van der Waals surface area contributed by atoms with Crippen LogP contribution in [0.3, 0.4) is 0 Å². The molecule has 1 rings (SSSR count). The van der Waals surface area contributed by atoms with Crippen molar-refractivity contribution in [2.75, 3.05) is 0 Å². The lowest BCUT2D eigenvalue weighted by molar-refractivity contribution is 0.264.